The standard InChI is InChI=1S/C31H33F2N5O4/c1-2-17-5-3-6-18-9-20(39)10-21(25(17)18)27-26(33)28-22(12-34-27)29(37-14-23(40)24(41)15-37)36-30(35-28)42-16-31-7-4-8-38(31)13-19(32)11-31/h3,5-6,9-10,12,19,23-24,39-41H,2,4,7-8,11,13-16H2,1H3/t19-,23-,24+,31+/m1/s1. The van der Waals surface area contributed by atoms with E-state index >= 15 is 4.39 Å². The number of rotatable bonds is 6. The number of ether oxygens (including phenoxy) is 1. The van der Waals surface area contributed by atoms with Gasteiger partial charge in [-0.05, 0) is 54.3 Å². The van der Waals surface area contributed by atoms with E-state index in [9.17, 15) is 19.7 Å². The number of fused-ring (bicyclic) bond motifs is 3. The molecule has 0 saturated carbocycles. The van der Waals surface area contributed by atoms with Crippen LogP contribution in [-0.2, 0) is 6.42 Å². The Kier molecular flexibility index (Phi) is 6.63. The average Bonchev–Trinajstić information content (AvgIpc) is 3.62. The van der Waals surface area contributed by atoms with Crippen molar-refractivity contribution < 1.29 is 28.8 Å². The molecule has 3 aliphatic heterocycles. The van der Waals surface area contributed by atoms with Crippen molar-refractivity contribution in [3.8, 4) is 23.0 Å². The molecule has 3 saturated heterocycles. The van der Waals surface area contributed by atoms with Gasteiger partial charge < -0.3 is 25.0 Å². The summed E-state index contributed by atoms with van der Waals surface area (Å²) in [6.45, 7) is 3.54. The van der Waals surface area contributed by atoms with Crippen LogP contribution >= 0.6 is 0 Å². The van der Waals surface area contributed by atoms with Gasteiger partial charge in [-0.25, -0.2) is 8.78 Å². The van der Waals surface area contributed by atoms with E-state index in [2.05, 4.69) is 19.9 Å². The molecular formula is C31H33F2N5O4. The highest BCUT2D eigenvalue weighted by Gasteiger charge is 2.49. The maximum atomic E-state index is 16.6. The summed E-state index contributed by atoms with van der Waals surface area (Å²) in [6.07, 6.45) is 1.39. The van der Waals surface area contributed by atoms with E-state index in [1.54, 1.807) is 11.0 Å². The Bertz CT molecular complexity index is 1680. The van der Waals surface area contributed by atoms with Gasteiger partial charge in [-0.3, -0.25) is 9.88 Å². The number of aryl methyl sites for hydroxylation is 1. The predicted molar refractivity (Wildman–Crippen MR) is 154 cm³/mol. The van der Waals surface area contributed by atoms with Crippen LogP contribution in [0.15, 0.2) is 36.5 Å². The molecule has 0 unspecified atom stereocenters. The van der Waals surface area contributed by atoms with E-state index < -0.39 is 29.7 Å². The van der Waals surface area contributed by atoms with Crippen LogP contribution in [0.25, 0.3) is 32.9 Å². The van der Waals surface area contributed by atoms with Crippen molar-refractivity contribution in [2.24, 2.45) is 0 Å². The topological polar surface area (TPSA) is 115 Å². The van der Waals surface area contributed by atoms with Gasteiger partial charge in [0.25, 0.3) is 0 Å². The number of anilines is 1. The second-order valence-electron chi connectivity index (χ2n) is 11.8. The molecule has 0 radical (unpaired) electrons. The Labute approximate surface area is 241 Å². The van der Waals surface area contributed by atoms with E-state index in [-0.39, 0.29) is 48.5 Å². The van der Waals surface area contributed by atoms with Gasteiger partial charge in [-0.2, -0.15) is 9.97 Å². The maximum Gasteiger partial charge on any atom is 0.319 e. The number of aromatic nitrogens is 3. The molecule has 3 N–H and O–H groups in total. The number of aromatic hydroxyl groups is 1. The minimum Gasteiger partial charge on any atom is -0.508 e. The lowest BCUT2D eigenvalue weighted by molar-refractivity contribution is 0.0572. The molecule has 11 heteroatoms. The fourth-order valence-electron chi connectivity index (χ4n) is 7.08. The minimum absolute atomic E-state index is 0.0115. The fourth-order valence-corrected chi connectivity index (χ4v) is 7.08. The van der Waals surface area contributed by atoms with E-state index in [1.165, 1.54) is 12.3 Å². The van der Waals surface area contributed by atoms with E-state index in [1.807, 2.05) is 25.1 Å². The monoisotopic (exact) mass is 577 g/mol. The van der Waals surface area contributed by atoms with Crippen LogP contribution in [0.4, 0.5) is 14.6 Å². The highest BCUT2D eigenvalue weighted by Crippen LogP contribution is 2.41. The van der Waals surface area contributed by atoms with Crippen LogP contribution in [-0.4, -0.2) is 91.9 Å². The lowest BCUT2D eigenvalue weighted by Crippen LogP contribution is -2.43. The first-order valence-electron chi connectivity index (χ1n) is 14.5. The molecule has 42 heavy (non-hydrogen) atoms. The molecule has 4 atom stereocenters. The Morgan fingerprint density at radius 1 is 1.12 bits per heavy atom. The number of phenolic OH excluding ortho intramolecular Hbond substituents is 1. The van der Waals surface area contributed by atoms with E-state index in [0.717, 1.165) is 35.7 Å². The number of hydrogen-bond acceptors (Lipinski definition) is 9. The van der Waals surface area contributed by atoms with Gasteiger partial charge in [0.15, 0.2) is 5.82 Å². The molecule has 0 spiro atoms. The van der Waals surface area contributed by atoms with Gasteiger partial charge in [-0.15, -0.1) is 0 Å². The Balaban J connectivity index is 1.37. The Hall–Kier alpha value is -3.67. The Morgan fingerprint density at radius 2 is 1.93 bits per heavy atom. The number of pyridine rings is 1. The molecule has 0 amide bonds. The summed E-state index contributed by atoms with van der Waals surface area (Å²) in [6, 6.07) is 8.81. The van der Waals surface area contributed by atoms with Crippen molar-refractivity contribution in [3.05, 3.63) is 47.9 Å². The summed E-state index contributed by atoms with van der Waals surface area (Å²) in [4.78, 5) is 17.4. The lowest BCUT2D eigenvalue weighted by Gasteiger charge is -2.31. The SMILES string of the molecule is CCc1cccc2cc(O)cc(-c3ncc4c(N5C[C@@H](O)[C@@H](O)C5)nc(OC[C@@]56CCCN5C[C@H](F)C6)nc4c3F)c12. The molecule has 0 aliphatic carbocycles. The summed E-state index contributed by atoms with van der Waals surface area (Å²) >= 11 is 0. The van der Waals surface area contributed by atoms with Crippen molar-refractivity contribution in [2.45, 2.75) is 56.5 Å². The molecule has 7 rings (SSSR count). The smallest absolute Gasteiger partial charge is 0.319 e. The normalized spacial score (nSPS) is 26.0. The number of nitrogens with zero attached hydrogens (tertiary/aromatic N) is 5. The third kappa shape index (κ3) is 4.42. The fraction of sp³-hybridized carbons (Fsp3) is 0.452. The summed E-state index contributed by atoms with van der Waals surface area (Å²) < 4.78 is 37.1. The molecule has 3 aliphatic rings. The highest BCUT2D eigenvalue weighted by molar-refractivity contribution is 6.01. The zero-order valence-electron chi connectivity index (χ0n) is 23.3. The average molecular weight is 578 g/mol. The van der Waals surface area contributed by atoms with E-state index in [4.69, 9.17) is 4.74 Å². The second-order valence-corrected chi connectivity index (χ2v) is 11.8. The second kappa shape index (κ2) is 10.3. The largest absolute Gasteiger partial charge is 0.508 e. The molecule has 0 bridgehead atoms. The number of aliphatic hydroxyl groups is 2. The number of hydrogen-bond donors (Lipinski definition) is 3. The number of halogens is 2. The van der Waals surface area contributed by atoms with Crippen LogP contribution in [0, 0.1) is 5.82 Å². The van der Waals surface area contributed by atoms with Gasteiger partial charge in [0.05, 0.1) is 23.1 Å². The zero-order valence-corrected chi connectivity index (χ0v) is 23.3. The predicted octanol–water partition coefficient (Wildman–Crippen LogP) is 3.75. The molecule has 220 valence electrons. The summed E-state index contributed by atoms with van der Waals surface area (Å²) in [5.41, 5.74) is 0.975. The molecule has 5 heterocycles. The third-order valence-corrected chi connectivity index (χ3v) is 9.12. The van der Waals surface area contributed by atoms with Gasteiger partial charge in [-0.1, -0.05) is 25.1 Å². The van der Waals surface area contributed by atoms with Crippen molar-refractivity contribution in [1.82, 2.24) is 19.9 Å². The first kappa shape index (κ1) is 27.2. The van der Waals surface area contributed by atoms with Gasteiger partial charge >= 0.3 is 6.01 Å². The number of phenols is 1. The first-order chi connectivity index (χ1) is 20.3. The Morgan fingerprint density at radius 3 is 2.71 bits per heavy atom. The van der Waals surface area contributed by atoms with Crippen molar-refractivity contribution in [3.63, 3.8) is 0 Å². The number of benzene rings is 2. The first-order valence-corrected chi connectivity index (χ1v) is 14.5. The third-order valence-electron chi connectivity index (χ3n) is 9.12. The molecule has 4 aromatic rings. The number of aliphatic hydroxyl groups excluding tert-OH is 2. The lowest BCUT2D eigenvalue weighted by atomic mass is 9.95. The summed E-state index contributed by atoms with van der Waals surface area (Å²) in [5.74, 6) is -0.429. The highest BCUT2D eigenvalue weighted by atomic mass is 19.1. The molecule has 2 aromatic carbocycles. The van der Waals surface area contributed by atoms with Gasteiger partial charge in [0.1, 0.15) is 35.6 Å². The number of alkyl halides is 1. The van der Waals surface area contributed by atoms with Crippen LogP contribution < -0.4 is 9.64 Å². The summed E-state index contributed by atoms with van der Waals surface area (Å²) in [7, 11) is 0. The number of β-amino-alcohol motifs (C(OH)–C–C–N with tert-alkyl or cyclic N) is 2. The van der Waals surface area contributed by atoms with Crippen LogP contribution in [0.3, 0.4) is 0 Å². The van der Waals surface area contributed by atoms with E-state index in [0.29, 0.717) is 30.3 Å². The summed E-state index contributed by atoms with van der Waals surface area (Å²) in [5, 5.41) is 32.9. The van der Waals surface area contributed by atoms with Crippen molar-refractivity contribution in [2.75, 3.05) is 37.7 Å². The van der Waals surface area contributed by atoms with Gasteiger partial charge in [0.2, 0.25) is 0 Å². The van der Waals surface area contributed by atoms with Crippen LogP contribution in [0.5, 0.6) is 11.8 Å². The zero-order chi connectivity index (χ0) is 29.2. The van der Waals surface area contributed by atoms with Crippen molar-refractivity contribution >= 4 is 27.5 Å². The maximum absolute atomic E-state index is 16.6. The molecule has 3 fully saturated rings. The molecular weight excluding hydrogens is 544 g/mol. The molecule has 9 nitrogen and oxygen atoms in total. The van der Waals surface area contributed by atoms with Gasteiger partial charge in [0, 0.05) is 37.8 Å². The van der Waals surface area contributed by atoms with Crippen LogP contribution in [0.1, 0.15) is 31.7 Å². The quantitative estimate of drug-likeness (QED) is 0.315. The van der Waals surface area contributed by atoms with Crippen LogP contribution in [0.2, 0.25) is 0 Å². The minimum atomic E-state index is -0.992. The van der Waals surface area contributed by atoms with Crippen molar-refractivity contribution in [1.29, 1.82) is 0 Å². The molecule has 2 aromatic heterocycles.